The monoisotopic (exact) mass is 384 g/mol. The second-order valence-electron chi connectivity index (χ2n) is 6.62. The lowest BCUT2D eigenvalue weighted by atomic mass is 9.84. The molecular weight excluding hydrogens is 363 g/mol. The third-order valence-corrected chi connectivity index (χ3v) is 5.62. The van der Waals surface area contributed by atoms with Crippen LogP contribution in [-0.2, 0) is 15.9 Å². The van der Waals surface area contributed by atoms with Gasteiger partial charge in [-0.15, -0.1) is 0 Å². The van der Waals surface area contributed by atoms with Crippen LogP contribution in [0.3, 0.4) is 0 Å². The van der Waals surface area contributed by atoms with Gasteiger partial charge >= 0.3 is 0 Å². The fraction of sp³-hybridized carbons (Fsp3) is 0.588. The summed E-state index contributed by atoms with van der Waals surface area (Å²) in [5.74, 6) is 0.812. The smallest absolute Gasteiger partial charge is 0.207 e. The third kappa shape index (κ3) is 3.40. The number of rotatable bonds is 4. The second kappa shape index (κ2) is 7.19. The van der Waals surface area contributed by atoms with E-state index < -0.39 is 0 Å². The van der Waals surface area contributed by atoms with Crippen molar-refractivity contribution in [2.24, 2.45) is 10.7 Å². The van der Waals surface area contributed by atoms with Crippen molar-refractivity contribution >= 4 is 34.8 Å². The van der Waals surface area contributed by atoms with Crippen LogP contribution < -0.4 is 16.2 Å². The van der Waals surface area contributed by atoms with E-state index in [1.165, 1.54) is 11.1 Å². The van der Waals surface area contributed by atoms with Gasteiger partial charge in [0.15, 0.2) is 6.29 Å². The lowest BCUT2D eigenvalue weighted by Crippen LogP contribution is -2.46. The molecule has 1 aromatic carbocycles. The van der Waals surface area contributed by atoms with Gasteiger partial charge in [-0.05, 0) is 36.5 Å². The van der Waals surface area contributed by atoms with E-state index >= 15 is 0 Å². The summed E-state index contributed by atoms with van der Waals surface area (Å²) in [5.41, 5.74) is 12.8. The average Bonchev–Trinajstić information content (AvgIpc) is 3.20. The van der Waals surface area contributed by atoms with Crippen molar-refractivity contribution in [1.29, 1.82) is 0 Å². The van der Waals surface area contributed by atoms with Crippen molar-refractivity contribution in [1.82, 2.24) is 5.43 Å². The van der Waals surface area contributed by atoms with Gasteiger partial charge in [-0.25, -0.2) is 0 Å². The molecule has 136 valence electrons. The summed E-state index contributed by atoms with van der Waals surface area (Å²) >= 11 is 12.9. The van der Waals surface area contributed by atoms with Crippen LogP contribution in [0, 0.1) is 0 Å². The van der Waals surface area contributed by atoms with Gasteiger partial charge in [-0.1, -0.05) is 23.2 Å². The SMILES string of the molecule is NC(=NCCC1OCCO1)NN1CC2CCCc3c(Cl)cc(Cl)c1c32. The van der Waals surface area contributed by atoms with E-state index in [1.54, 1.807) is 0 Å². The van der Waals surface area contributed by atoms with E-state index in [0.29, 0.717) is 43.1 Å². The second-order valence-corrected chi connectivity index (χ2v) is 7.43. The van der Waals surface area contributed by atoms with Gasteiger partial charge in [0.05, 0.1) is 23.9 Å². The number of nitrogens with zero attached hydrogens (tertiary/aromatic N) is 2. The summed E-state index contributed by atoms with van der Waals surface area (Å²) in [4.78, 5) is 4.37. The minimum absolute atomic E-state index is 0.165. The molecule has 2 aliphatic heterocycles. The Labute approximate surface area is 157 Å². The first-order valence-electron chi connectivity index (χ1n) is 8.71. The summed E-state index contributed by atoms with van der Waals surface area (Å²) in [6.07, 6.45) is 3.83. The number of halogens is 2. The Morgan fingerprint density at radius 3 is 2.92 bits per heavy atom. The Morgan fingerprint density at radius 2 is 2.12 bits per heavy atom. The molecule has 3 N–H and O–H groups in total. The highest BCUT2D eigenvalue weighted by Gasteiger charge is 2.36. The van der Waals surface area contributed by atoms with Crippen LogP contribution in [0.25, 0.3) is 0 Å². The van der Waals surface area contributed by atoms with Crippen molar-refractivity contribution in [3.05, 3.63) is 27.2 Å². The number of hydrazine groups is 1. The Bertz CT molecular complexity index is 692. The maximum absolute atomic E-state index is 6.48. The molecule has 0 aromatic heterocycles. The van der Waals surface area contributed by atoms with Crippen LogP contribution in [0.2, 0.25) is 10.0 Å². The van der Waals surface area contributed by atoms with E-state index in [2.05, 4.69) is 10.4 Å². The molecule has 1 aliphatic carbocycles. The Morgan fingerprint density at radius 1 is 1.32 bits per heavy atom. The molecule has 3 aliphatic rings. The van der Waals surface area contributed by atoms with Gasteiger partial charge in [0, 0.05) is 30.5 Å². The normalized spacial score (nSPS) is 23.2. The fourth-order valence-electron chi connectivity index (χ4n) is 3.94. The molecule has 8 heteroatoms. The van der Waals surface area contributed by atoms with Crippen LogP contribution in [0.15, 0.2) is 11.1 Å². The van der Waals surface area contributed by atoms with Crippen molar-refractivity contribution in [3.63, 3.8) is 0 Å². The van der Waals surface area contributed by atoms with E-state index in [1.807, 2.05) is 11.1 Å². The Balaban J connectivity index is 1.47. The maximum atomic E-state index is 6.48. The molecule has 0 bridgehead atoms. The van der Waals surface area contributed by atoms with Crippen LogP contribution in [0.4, 0.5) is 5.69 Å². The van der Waals surface area contributed by atoms with Gasteiger partial charge in [0.1, 0.15) is 0 Å². The maximum Gasteiger partial charge on any atom is 0.207 e. The third-order valence-electron chi connectivity index (χ3n) is 5.00. The topological polar surface area (TPSA) is 72.1 Å². The summed E-state index contributed by atoms with van der Waals surface area (Å²) in [5, 5.41) is 3.43. The van der Waals surface area contributed by atoms with Crippen molar-refractivity contribution in [2.75, 3.05) is 31.3 Å². The molecule has 1 atom stereocenters. The average molecular weight is 385 g/mol. The molecular formula is C17H22Cl2N4O2. The molecule has 1 aromatic rings. The van der Waals surface area contributed by atoms with Crippen molar-refractivity contribution in [2.45, 2.75) is 37.9 Å². The van der Waals surface area contributed by atoms with Crippen LogP contribution in [-0.4, -0.2) is 38.6 Å². The first-order valence-corrected chi connectivity index (χ1v) is 9.47. The zero-order valence-electron chi connectivity index (χ0n) is 13.9. The summed E-state index contributed by atoms with van der Waals surface area (Å²) in [7, 11) is 0. The first kappa shape index (κ1) is 17.2. The summed E-state index contributed by atoms with van der Waals surface area (Å²) in [6.45, 7) is 2.68. The van der Waals surface area contributed by atoms with E-state index in [-0.39, 0.29) is 6.29 Å². The number of aliphatic imine (C=N–C) groups is 1. The highest BCUT2D eigenvalue weighted by Crippen LogP contribution is 2.49. The molecule has 25 heavy (non-hydrogen) atoms. The van der Waals surface area contributed by atoms with Gasteiger partial charge in [0.2, 0.25) is 5.96 Å². The van der Waals surface area contributed by atoms with Gasteiger partial charge in [-0.3, -0.25) is 15.4 Å². The zero-order chi connectivity index (χ0) is 17.4. The van der Waals surface area contributed by atoms with Crippen molar-refractivity contribution in [3.8, 4) is 0 Å². The lowest BCUT2D eigenvalue weighted by Gasteiger charge is -2.23. The molecule has 0 saturated carbocycles. The molecule has 0 amide bonds. The molecule has 1 fully saturated rings. The number of hydrogen-bond donors (Lipinski definition) is 2. The quantitative estimate of drug-likeness (QED) is 0.616. The number of nitrogens with one attached hydrogen (secondary N) is 1. The Kier molecular flexibility index (Phi) is 4.95. The summed E-state index contributed by atoms with van der Waals surface area (Å²) in [6, 6.07) is 1.84. The number of benzene rings is 1. The molecule has 0 radical (unpaired) electrons. The predicted octanol–water partition coefficient (Wildman–Crippen LogP) is 2.82. The highest BCUT2D eigenvalue weighted by atomic mass is 35.5. The number of anilines is 1. The minimum Gasteiger partial charge on any atom is -0.369 e. The molecule has 2 heterocycles. The van der Waals surface area contributed by atoms with Crippen molar-refractivity contribution < 1.29 is 9.47 Å². The zero-order valence-corrected chi connectivity index (χ0v) is 15.4. The van der Waals surface area contributed by atoms with E-state index in [9.17, 15) is 0 Å². The molecule has 1 saturated heterocycles. The van der Waals surface area contributed by atoms with Crippen LogP contribution >= 0.6 is 23.2 Å². The van der Waals surface area contributed by atoms with Gasteiger partial charge < -0.3 is 15.2 Å². The lowest BCUT2D eigenvalue weighted by molar-refractivity contribution is -0.0445. The summed E-state index contributed by atoms with van der Waals surface area (Å²) < 4.78 is 10.8. The minimum atomic E-state index is -0.165. The fourth-order valence-corrected chi connectivity index (χ4v) is 4.61. The van der Waals surface area contributed by atoms with Crippen LogP contribution in [0.5, 0.6) is 0 Å². The Hall–Kier alpha value is -1.21. The first-order chi connectivity index (χ1) is 12.1. The molecule has 6 nitrogen and oxygen atoms in total. The molecule has 0 spiro atoms. The number of guanidine groups is 1. The standard InChI is InChI=1S/C17H22Cl2N4O2/c18-12-8-13(19)16-15-10(2-1-3-11(12)15)9-23(16)22-17(20)21-5-4-14-24-6-7-25-14/h8,10,14H,1-7,9H2,(H3,20,21,22). The van der Waals surface area contributed by atoms with E-state index in [4.69, 9.17) is 38.4 Å². The predicted molar refractivity (Wildman–Crippen MR) is 99.4 cm³/mol. The highest BCUT2D eigenvalue weighted by molar-refractivity contribution is 6.37. The van der Waals surface area contributed by atoms with Gasteiger partial charge in [-0.2, -0.15) is 0 Å². The molecule has 4 rings (SSSR count). The number of nitrogens with two attached hydrogens (primary N) is 1. The number of hydrogen-bond acceptors (Lipinski definition) is 4. The van der Waals surface area contributed by atoms with Crippen LogP contribution in [0.1, 0.15) is 36.3 Å². The molecule has 1 unspecified atom stereocenters. The largest absolute Gasteiger partial charge is 0.369 e. The van der Waals surface area contributed by atoms with E-state index in [0.717, 1.165) is 36.5 Å². The van der Waals surface area contributed by atoms with Gasteiger partial charge in [0.25, 0.3) is 0 Å². The number of ether oxygens (including phenoxy) is 2.